The van der Waals surface area contributed by atoms with E-state index in [0.29, 0.717) is 15.6 Å². The lowest BCUT2D eigenvalue weighted by atomic mass is 9.88. The number of rotatable bonds is 6. The number of benzene rings is 1. The first-order valence-electron chi connectivity index (χ1n) is 8.11. The maximum absolute atomic E-state index is 15.0. The SMILES string of the molecule is CCOC(=O)[C@@]1(F)[C@@H]2C[C@@H](OCc3ccc(Cl)c(Cl)c3)[C@@](N)(C(=O)O)[C@@H]21. The van der Waals surface area contributed by atoms with Gasteiger partial charge in [0.2, 0.25) is 5.67 Å². The molecule has 142 valence electrons. The molecule has 2 fully saturated rings. The normalized spacial score (nSPS) is 35.0. The third-order valence-corrected chi connectivity index (χ3v) is 5.93. The minimum absolute atomic E-state index is 0.00579. The van der Waals surface area contributed by atoms with Gasteiger partial charge in [-0.1, -0.05) is 29.3 Å². The highest BCUT2D eigenvalue weighted by atomic mass is 35.5. The molecule has 2 aliphatic carbocycles. The number of carboxylic acid groups (broad SMARTS) is 1. The topological polar surface area (TPSA) is 98.9 Å². The van der Waals surface area contributed by atoms with Crippen LogP contribution in [0.4, 0.5) is 4.39 Å². The second-order valence-electron chi connectivity index (χ2n) is 6.59. The Morgan fingerprint density at radius 2 is 2.08 bits per heavy atom. The number of esters is 1. The first kappa shape index (κ1) is 19.4. The number of hydrogen-bond acceptors (Lipinski definition) is 5. The van der Waals surface area contributed by atoms with Gasteiger partial charge in [-0.2, -0.15) is 0 Å². The summed E-state index contributed by atoms with van der Waals surface area (Å²) in [6.45, 7) is 1.59. The van der Waals surface area contributed by atoms with Gasteiger partial charge in [0.1, 0.15) is 5.54 Å². The molecule has 0 radical (unpaired) electrons. The van der Waals surface area contributed by atoms with E-state index < -0.39 is 41.1 Å². The van der Waals surface area contributed by atoms with Gasteiger partial charge in [0.05, 0.1) is 29.4 Å². The summed E-state index contributed by atoms with van der Waals surface area (Å²) in [6, 6.07) is 4.87. The summed E-state index contributed by atoms with van der Waals surface area (Å²) in [6.07, 6.45) is -0.924. The number of hydrogen-bond donors (Lipinski definition) is 2. The van der Waals surface area contributed by atoms with Crippen LogP contribution in [0, 0.1) is 11.8 Å². The summed E-state index contributed by atoms with van der Waals surface area (Å²) < 4.78 is 25.4. The molecule has 1 aromatic carbocycles. The van der Waals surface area contributed by atoms with E-state index in [-0.39, 0.29) is 19.6 Å². The van der Waals surface area contributed by atoms with Crippen LogP contribution in [0.1, 0.15) is 18.9 Å². The number of fused-ring (bicyclic) bond motifs is 1. The van der Waals surface area contributed by atoms with E-state index in [4.69, 9.17) is 38.4 Å². The van der Waals surface area contributed by atoms with Gasteiger partial charge < -0.3 is 20.3 Å². The van der Waals surface area contributed by atoms with E-state index in [1.807, 2.05) is 0 Å². The third-order valence-electron chi connectivity index (χ3n) is 5.19. The van der Waals surface area contributed by atoms with E-state index >= 15 is 0 Å². The third kappa shape index (κ3) is 2.78. The number of nitrogens with two attached hydrogens (primary N) is 1. The van der Waals surface area contributed by atoms with E-state index in [1.165, 1.54) is 0 Å². The summed E-state index contributed by atoms with van der Waals surface area (Å²) in [4.78, 5) is 23.7. The van der Waals surface area contributed by atoms with Crippen molar-refractivity contribution in [3.05, 3.63) is 33.8 Å². The van der Waals surface area contributed by atoms with Gasteiger partial charge in [-0.25, -0.2) is 9.18 Å². The maximum atomic E-state index is 15.0. The summed E-state index contributed by atoms with van der Waals surface area (Å²) in [5, 5.41) is 10.3. The first-order chi connectivity index (χ1) is 12.2. The molecule has 3 N–H and O–H groups in total. The molecule has 0 aromatic heterocycles. The van der Waals surface area contributed by atoms with Crippen LogP contribution in [-0.4, -0.2) is 41.0 Å². The Morgan fingerprint density at radius 1 is 1.38 bits per heavy atom. The Hall–Kier alpha value is -1.41. The lowest BCUT2D eigenvalue weighted by Gasteiger charge is -2.32. The van der Waals surface area contributed by atoms with E-state index in [9.17, 15) is 19.1 Å². The molecule has 9 heteroatoms. The second kappa shape index (κ2) is 6.64. The van der Waals surface area contributed by atoms with Crippen molar-refractivity contribution >= 4 is 35.1 Å². The molecule has 2 aliphatic rings. The van der Waals surface area contributed by atoms with Gasteiger partial charge in [0.25, 0.3) is 0 Å². The number of halogens is 3. The number of carbonyl (C=O) groups excluding carboxylic acids is 1. The van der Waals surface area contributed by atoms with Crippen LogP contribution < -0.4 is 5.73 Å². The monoisotopic (exact) mass is 405 g/mol. The molecule has 1 aromatic rings. The summed E-state index contributed by atoms with van der Waals surface area (Å²) in [5.41, 5.74) is 2.33. The summed E-state index contributed by atoms with van der Waals surface area (Å²) >= 11 is 11.8. The Kier molecular flexibility index (Phi) is 4.94. The number of alkyl halides is 1. The molecule has 2 saturated carbocycles. The van der Waals surface area contributed by atoms with Gasteiger partial charge in [-0.15, -0.1) is 0 Å². The van der Waals surface area contributed by atoms with Crippen molar-refractivity contribution in [3.8, 4) is 0 Å². The van der Waals surface area contributed by atoms with E-state index in [2.05, 4.69) is 0 Å². The average Bonchev–Trinajstić information content (AvgIpc) is 3.05. The molecule has 26 heavy (non-hydrogen) atoms. The number of carbonyl (C=O) groups is 2. The Labute approximate surface area is 159 Å². The van der Waals surface area contributed by atoms with Crippen molar-refractivity contribution in [3.63, 3.8) is 0 Å². The number of carboxylic acids is 1. The highest BCUT2D eigenvalue weighted by Gasteiger charge is 2.85. The average molecular weight is 406 g/mol. The molecule has 0 amide bonds. The summed E-state index contributed by atoms with van der Waals surface area (Å²) in [7, 11) is 0. The molecule has 5 atom stereocenters. The van der Waals surface area contributed by atoms with Crippen molar-refractivity contribution in [2.24, 2.45) is 17.6 Å². The first-order valence-corrected chi connectivity index (χ1v) is 8.86. The van der Waals surface area contributed by atoms with Crippen LogP contribution in [0.15, 0.2) is 18.2 Å². The molecule has 0 heterocycles. The number of aliphatic carboxylic acids is 1. The van der Waals surface area contributed by atoms with Gasteiger partial charge in [0, 0.05) is 11.8 Å². The lowest BCUT2D eigenvalue weighted by molar-refractivity contribution is -0.159. The standard InChI is InChI=1S/C17H18Cl2FNO5/c1-2-25-15(24)16(20)9-6-12(17(21,13(9)16)14(22)23)26-7-8-3-4-10(18)11(19)5-8/h3-5,9,12-13H,2,6-7,21H2,1H3,(H,22,23)/t9-,12-,13+,16-,17+/m1/s1. The van der Waals surface area contributed by atoms with Gasteiger partial charge >= 0.3 is 11.9 Å². The van der Waals surface area contributed by atoms with Gasteiger partial charge in [-0.3, -0.25) is 4.79 Å². The molecule has 0 bridgehead atoms. The minimum Gasteiger partial charge on any atom is -0.480 e. The van der Waals surface area contributed by atoms with Crippen molar-refractivity contribution in [2.45, 2.75) is 37.3 Å². The van der Waals surface area contributed by atoms with Crippen LogP contribution in [0.3, 0.4) is 0 Å². The molecule has 0 saturated heterocycles. The van der Waals surface area contributed by atoms with Crippen LogP contribution in [-0.2, 0) is 25.7 Å². The quantitative estimate of drug-likeness (QED) is 0.705. The molecule has 0 aliphatic heterocycles. The molecule has 0 spiro atoms. The van der Waals surface area contributed by atoms with Crippen molar-refractivity contribution in [2.75, 3.05) is 6.61 Å². The maximum Gasteiger partial charge on any atom is 0.344 e. The fourth-order valence-corrected chi connectivity index (χ4v) is 4.18. The second-order valence-corrected chi connectivity index (χ2v) is 7.41. The Bertz CT molecular complexity index is 763. The van der Waals surface area contributed by atoms with Crippen molar-refractivity contribution in [1.82, 2.24) is 0 Å². The van der Waals surface area contributed by atoms with Gasteiger partial charge in [0.15, 0.2) is 0 Å². The molecule has 3 rings (SSSR count). The van der Waals surface area contributed by atoms with Crippen LogP contribution >= 0.6 is 23.2 Å². The van der Waals surface area contributed by atoms with Crippen molar-refractivity contribution < 1.29 is 28.6 Å². The van der Waals surface area contributed by atoms with Crippen LogP contribution in [0.5, 0.6) is 0 Å². The predicted molar refractivity (Wildman–Crippen MR) is 91.7 cm³/mol. The largest absolute Gasteiger partial charge is 0.480 e. The van der Waals surface area contributed by atoms with Crippen molar-refractivity contribution in [1.29, 1.82) is 0 Å². The molecular formula is C17H18Cl2FNO5. The minimum atomic E-state index is -2.37. The van der Waals surface area contributed by atoms with Crippen LogP contribution in [0.25, 0.3) is 0 Å². The Morgan fingerprint density at radius 3 is 2.65 bits per heavy atom. The lowest BCUT2D eigenvalue weighted by Crippen LogP contribution is -2.60. The summed E-state index contributed by atoms with van der Waals surface area (Å²) in [5.74, 6) is -4.48. The smallest absolute Gasteiger partial charge is 0.344 e. The van der Waals surface area contributed by atoms with E-state index in [0.717, 1.165) is 0 Å². The Balaban J connectivity index is 1.75. The van der Waals surface area contributed by atoms with Gasteiger partial charge in [-0.05, 0) is 31.0 Å². The highest BCUT2D eigenvalue weighted by Crippen LogP contribution is 2.67. The number of ether oxygens (including phenoxy) is 2. The van der Waals surface area contributed by atoms with E-state index in [1.54, 1.807) is 25.1 Å². The highest BCUT2D eigenvalue weighted by molar-refractivity contribution is 6.42. The fraction of sp³-hybridized carbons (Fsp3) is 0.529. The zero-order valence-electron chi connectivity index (χ0n) is 13.9. The zero-order chi connectivity index (χ0) is 19.3. The molecule has 0 unspecified atom stereocenters. The fourth-order valence-electron chi connectivity index (χ4n) is 3.86. The van der Waals surface area contributed by atoms with Crippen LogP contribution in [0.2, 0.25) is 10.0 Å². The molecule has 6 nitrogen and oxygen atoms in total. The molecular weight excluding hydrogens is 388 g/mol. The zero-order valence-corrected chi connectivity index (χ0v) is 15.4. The predicted octanol–water partition coefficient (Wildman–Crippen LogP) is 2.58.